The zero-order valence-electron chi connectivity index (χ0n) is 30.7. The summed E-state index contributed by atoms with van der Waals surface area (Å²) in [6.45, 7) is 12.0. The van der Waals surface area contributed by atoms with Crippen molar-refractivity contribution in [1.29, 1.82) is 0 Å². The number of hydrogen-bond acceptors (Lipinski definition) is 9. The number of rotatable bonds is 7. The van der Waals surface area contributed by atoms with E-state index in [9.17, 15) is 24.6 Å². The second-order valence-electron chi connectivity index (χ2n) is 15.9. The number of hydrogen-bond donors (Lipinski definition) is 2. The van der Waals surface area contributed by atoms with E-state index in [0.717, 1.165) is 31.8 Å². The minimum absolute atomic E-state index is 0.0103. The van der Waals surface area contributed by atoms with Crippen LogP contribution < -0.4 is 0 Å². The summed E-state index contributed by atoms with van der Waals surface area (Å²) < 4.78 is 17.4. The van der Waals surface area contributed by atoms with Gasteiger partial charge in [-0.05, 0) is 69.4 Å². The van der Waals surface area contributed by atoms with Crippen molar-refractivity contribution >= 4 is 18.2 Å². The van der Waals surface area contributed by atoms with E-state index in [4.69, 9.17) is 14.2 Å². The fourth-order valence-corrected chi connectivity index (χ4v) is 7.92. The van der Waals surface area contributed by atoms with Gasteiger partial charge in [0.25, 0.3) is 0 Å². The molecule has 280 valence electrons. The van der Waals surface area contributed by atoms with Gasteiger partial charge in [-0.25, -0.2) is 9.59 Å². The lowest BCUT2D eigenvalue weighted by Gasteiger charge is -2.40. The summed E-state index contributed by atoms with van der Waals surface area (Å²) in [6, 6.07) is 0.590. The average Bonchev–Trinajstić information content (AvgIpc) is 3.79. The molecule has 0 aromatic rings. The second-order valence-corrected chi connectivity index (χ2v) is 15.9. The third-order valence-corrected chi connectivity index (χ3v) is 11.4. The highest BCUT2D eigenvalue weighted by molar-refractivity contribution is 5.70. The molecule has 50 heavy (non-hydrogen) atoms. The molecule has 3 heterocycles. The number of allylic oxidation sites excluding steroid dienone is 2. The third kappa shape index (κ3) is 10.8. The number of fused-ring (bicyclic) bond motifs is 1. The molecule has 8 atom stereocenters. The second kappa shape index (κ2) is 17.6. The Morgan fingerprint density at radius 3 is 2.38 bits per heavy atom. The van der Waals surface area contributed by atoms with Gasteiger partial charge >= 0.3 is 18.2 Å². The van der Waals surface area contributed by atoms with Crippen molar-refractivity contribution in [1.82, 2.24) is 14.7 Å². The minimum atomic E-state index is -1.46. The largest absolute Gasteiger partial charge is 0.457 e. The van der Waals surface area contributed by atoms with Crippen molar-refractivity contribution in [3.8, 4) is 0 Å². The fourth-order valence-electron chi connectivity index (χ4n) is 7.92. The van der Waals surface area contributed by atoms with Crippen LogP contribution in [0.4, 0.5) is 9.59 Å². The van der Waals surface area contributed by atoms with Gasteiger partial charge in [-0.1, -0.05) is 63.8 Å². The summed E-state index contributed by atoms with van der Waals surface area (Å²) in [7, 11) is 0. The van der Waals surface area contributed by atoms with Crippen molar-refractivity contribution in [2.75, 3.05) is 45.9 Å². The van der Waals surface area contributed by atoms with E-state index in [1.54, 1.807) is 22.8 Å². The monoisotopic (exact) mass is 699 g/mol. The Morgan fingerprint density at radius 2 is 1.70 bits per heavy atom. The molecule has 0 aromatic carbocycles. The molecule has 0 radical (unpaired) electrons. The number of carbonyl (C=O) groups is 3. The molecule has 2 amide bonds. The Balaban J connectivity index is 1.19. The Labute approximate surface area is 298 Å². The smallest absolute Gasteiger partial charge is 0.410 e. The maximum absolute atomic E-state index is 13.4. The molecule has 2 aliphatic carbocycles. The molecular formula is C39H61N3O8. The van der Waals surface area contributed by atoms with Crippen LogP contribution in [0.2, 0.25) is 0 Å². The number of ether oxygens (including phenoxy) is 3. The van der Waals surface area contributed by atoms with Crippen LogP contribution in [0.15, 0.2) is 36.0 Å². The van der Waals surface area contributed by atoms with Gasteiger partial charge in [0.2, 0.25) is 0 Å². The molecule has 5 aliphatic rings. The van der Waals surface area contributed by atoms with Gasteiger partial charge in [0.05, 0.1) is 19.1 Å². The van der Waals surface area contributed by atoms with E-state index in [2.05, 4.69) is 4.90 Å². The number of nitrogens with zero attached hydrogens (tertiary/aromatic N) is 3. The molecule has 4 fully saturated rings. The molecule has 2 N–H and O–H groups in total. The van der Waals surface area contributed by atoms with E-state index < -0.39 is 36.0 Å². The van der Waals surface area contributed by atoms with E-state index in [0.29, 0.717) is 31.0 Å². The van der Waals surface area contributed by atoms with Gasteiger partial charge in [-0.3, -0.25) is 9.69 Å². The summed E-state index contributed by atoms with van der Waals surface area (Å²) in [5, 5.41) is 22.2. The molecule has 11 heteroatoms. The van der Waals surface area contributed by atoms with E-state index >= 15 is 0 Å². The van der Waals surface area contributed by atoms with Gasteiger partial charge in [0.15, 0.2) is 6.10 Å². The normalized spacial score (nSPS) is 34.9. The number of cyclic esters (lactones) is 1. The fraction of sp³-hybridized carbons (Fsp3) is 0.769. The van der Waals surface area contributed by atoms with Gasteiger partial charge in [-0.15, -0.1) is 0 Å². The highest BCUT2D eigenvalue weighted by Crippen LogP contribution is 2.45. The van der Waals surface area contributed by atoms with Gasteiger partial charge in [0, 0.05) is 57.1 Å². The number of amides is 2. The highest BCUT2D eigenvalue weighted by atomic mass is 16.6. The van der Waals surface area contributed by atoms with Crippen molar-refractivity contribution < 1.29 is 38.8 Å². The van der Waals surface area contributed by atoms with Crippen molar-refractivity contribution in [3.05, 3.63) is 36.0 Å². The van der Waals surface area contributed by atoms with Gasteiger partial charge in [-0.2, -0.15) is 0 Å². The van der Waals surface area contributed by atoms with Crippen LogP contribution in [0.25, 0.3) is 0 Å². The predicted octanol–water partition coefficient (Wildman–Crippen LogP) is 5.46. The quantitative estimate of drug-likeness (QED) is 0.117. The van der Waals surface area contributed by atoms with Crippen molar-refractivity contribution in [3.63, 3.8) is 0 Å². The molecule has 0 aromatic heterocycles. The molecule has 5 rings (SSSR count). The first-order valence-corrected chi connectivity index (χ1v) is 19.1. The molecule has 2 unspecified atom stereocenters. The molecule has 0 bridgehead atoms. The summed E-state index contributed by atoms with van der Waals surface area (Å²) in [5.74, 6) is 0.461. The van der Waals surface area contributed by atoms with Crippen molar-refractivity contribution in [2.45, 2.75) is 122 Å². The standard InChI is InChI=1S/C39H61N3O8/c1-27(26-48-37(45)42-24-30-22-31(30)25-42)10-9-11-28(2)36-29(3)14-15-34(39(4,47)17-16-33(43)23-35(44)50-36)49-38(46)41-20-18-40(19-21-41)32-12-7-5-6-8-13-32/h9-11,14-15,27,29-34,36,43,47H,5-8,12-13,16-26H2,1-4H3/b10-9+,15-14+,28-11+/t27-,29+,30?,31?,33+,34-,36-,39+/m1/s1. The molecule has 0 spiro atoms. The summed E-state index contributed by atoms with van der Waals surface area (Å²) >= 11 is 0. The zero-order valence-corrected chi connectivity index (χ0v) is 30.7. The SMILES string of the molecule is C/C(=C\C=C\[C@@H](C)COC(=O)N1CC2CC2C1)[C@H]1OC(=O)C[C@@H](O)CC[C@](C)(O)[C@H](OC(=O)N2CCN(C3CCCCCC3)CC2)/C=C/[C@@H]1C. The first kappa shape index (κ1) is 38.3. The van der Waals surface area contributed by atoms with Crippen LogP contribution in [0, 0.1) is 23.7 Å². The molecular weight excluding hydrogens is 638 g/mol. The topological polar surface area (TPSA) is 129 Å². The Bertz CT molecular complexity index is 1240. The number of likely N-dealkylation sites (tertiary alicyclic amines) is 1. The average molecular weight is 700 g/mol. The van der Waals surface area contributed by atoms with Crippen LogP contribution in [0.3, 0.4) is 0 Å². The lowest BCUT2D eigenvalue weighted by Crippen LogP contribution is -2.53. The van der Waals surface area contributed by atoms with Crippen LogP contribution in [-0.2, 0) is 19.0 Å². The molecule has 3 aliphatic heterocycles. The number of piperazine rings is 1. The Hall–Kier alpha value is -2.89. The Kier molecular flexibility index (Phi) is 13.5. The first-order valence-electron chi connectivity index (χ1n) is 19.1. The van der Waals surface area contributed by atoms with Crippen LogP contribution >= 0.6 is 0 Å². The van der Waals surface area contributed by atoms with Crippen LogP contribution in [0.5, 0.6) is 0 Å². The maximum Gasteiger partial charge on any atom is 0.410 e. The van der Waals surface area contributed by atoms with E-state index in [1.807, 2.05) is 45.1 Å². The van der Waals surface area contributed by atoms with E-state index in [1.165, 1.54) is 44.9 Å². The number of carbonyl (C=O) groups excluding carboxylic acids is 3. The summed E-state index contributed by atoms with van der Waals surface area (Å²) in [4.78, 5) is 44.7. The Morgan fingerprint density at radius 1 is 1.02 bits per heavy atom. The zero-order chi connectivity index (χ0) is 35.8. The van der Waals surface area contributed by atoms with Crippen LogP contribution in [0.1, 0.15) is 91.9 Å². The summed E-state index contributed by atoms with van der Waals surface area (Å²) in [5.41, 5.74) is -0.679. The number of aliphatic hydroxyl groups excluding tert-OH is 1. The number of esters is 1. The van der Waals surface area contributed by atoms with Crippen molar-refractivity contribution in [2.24, 2.45) is 23.7 Å². The highest BCUT2D eigenvalue weighted by Gasteiger charge is 2.47. The summed E-state index contributed by atoms with van der Waals surface area (Å²) in [6.07, 6.45) is 14.8. The predicted molar refractivity (Wildman–Crippen MR) is 190 cm³/mol. The lowest BCUT2D eigenvalue weighted by molar-refractivity contribution is -0.151. The van der Waals surface area contributed by atoms with Gasteiger partial charge < -0.3 is 34.2 Å². The van der Waals surface area contributed by atoms with E-state index in [-0.39, 0.29) is 43.8 Å². The number of aliphatic hydroxyl groups is 2. The molecule has 11 nitrogen and oxygen atoms in total. The third-order valence-electron chi connectivity index (χ3n) is 11.4. The maximum atomic E-state index is 13.4. The number of piperidine rings is 1. The van der Waals surface area contributed by atoms with Gasteiger partial charge in [0.1, 0.15) is 11.7 Å². The molecule has 2 saturated heterocycles. The lowest BCUT2D eigenvalue weighted by atomic mass is 9.89. The molecule has 2 saturated carbocycles. The minimum Gasteiger partial charge on any atom is -0.457 e. The first-order chi connectivity index (χ1) is 23.9. The van der Waals surface area contributed by atoms with Crippen LogP contribution in [-0.4, -0.2) is 119 Å².